The maximum Gasteiger partial charge on any atom is 0.416 e. The Morgan fingerprint density at radius 2 is 2.00 bits per heavy atom. The van der Waals surface area contributed by atoms with E-state index in [1.165, 1.54) is 12.1 Å². The fraction of sp³-hybridized carbons (Fsp3) is 0.222. The van der Waals surface area contributed by atoms with Gasteiger partial charge in [0.15, 0.2) is 0 Å². The fourth-order valence-electron chi connectivity index (χ4n) is 5.31. The largest absolute Gasteiger partial charge is 0.416 e. The van der Waals surface area contributed by atoms with Gasteiger partial charge in [-0.1, -0.05) is 0 Å². The number of amides is 1. The van der Waals surface area contributed by atoms with Crippen molar-refractivity contribution >= 4 is 23.8 Å². The second kappa shape index (κ2) is 9.05. The molecule has 4 N–H and O–H groups in total. The van der Waals surface area contributed by atoms with Crippen molar-refractivity contribution < 1.29 is 27.7 Å². The van der Waals surface area contributed by atoms with E-state index >= 15 is 0 Å². The summed E-state index contributed by atoms with van der Waals surface area (Å²) in [6.45, 7) is 0. The van der Waals surface area contributed by atoms with E-state index in [0.29, 0.717) is 34.8 Å². The van der Waals surface area contributed by atoms with Gasteiger partial charge in [0.25, 0.3) is 11.7 Å². The number of rotatable bonds is 4. The Hall–Kier alpha value is -4.46. The average Bonchev–Trinajstić information content (AvgIpc) is 3.47. The third-order valence-electron chi connectivity index (χ3n) is 7.38. The molecule has 204 valence electrons. The summed E-state index contributed by atoms with van der Waals surface area (Å²) in [5, 5.41) is 18.7. The minimum Gasteiger partial charge on any atom is -0.378 e. The third-order valence-corrected chi connectivity index (χ3v) is 7.38. The Morgan fingerprint density at radius 1 is 1.23 bits per heavy atom. The van der Waals surface area contributed by atoms with Gasteiger partial charge in [-0.3, -0.25) is 14.5 Å². The van der Waals surface area contributed by atoms with Crippen LogP contribution in [-0.2, 0) is 25.2 Å². The van der Waals surface area contributed by atoms with Crippen molar-refractivity contribution in [2.75, 3.05) is 5.32 Å². The van der Waals surface area contributed by atoms with E-state index in [1.807, 2.05) is 7.05 Å². The summed E-state index contributed by atoms with van der Waals surface area (Å²) in [6, 6.07) is 7.90. The van der Waals surface area contributed by atoms with Crippen molar-refractivity contribution in [2.45, 2.75) is 31.0 Å². The fourth-order valence-corrected chi connectivity index (χ4v) is 5.31. The molecule has 2 aliphatic heterocycles. The number of aromatic nitrogens is 3. The lowest BCUT2D eigenvalue weighted by Crippen LogP contribution is -2.53. The van der Waals surface area contributed by atoms with E-state index in [9.17, 15) is 23.1 Å². The molecule has 1 aromatic carbocycles. The summed E-state index contributed by atoms with van der Waals surface area (Å²) in [6.07, 6.45) is 4.80. The number of benzene rings is 1. The van der Waals surface area contributed by atoms with E-state index in [4.69, 9.17) is 10.8 Å². The first kappa shape index (κ1) is 25.8. The first-order chi connectivity index (χ1) is 19.0. The molecule has 13 heteroatoms. The lowest BCUT2D eigenvalue weighted by molar-refractivity contribution is -0.750. The molecule has 0 bridgehead atoms. The number of fused-ring (bicyclic) bond motifs is 2. The van der Waals surface area contributed by atoms with Crippen LogP contribution in [0.5, 0.6) is 0 Å². The molecule has 0 saturated heterocycles. The SMILES string of the molecule is Cn1ncc2c1CCC[C@]2(O)C1=C2C=NC=C[N+]2(N)C(c2ccc(C(=O)Nc3cc(C(F)(F)F)ccn3)cc2)=N1. The molecular weight excluding hydrogens is 525 g/mol. The number of pyridine rings is 1. The van der Waals surface area contributed by atoms with Crippen molar-refractivity contribution in [1.82, 2.24) is 14.8 Å². The Balaban J connectivity index is 1.32. The van der Waals surface area contributed by atoms with Crippen molar-refractivity contribution in [3.63, 3.8) is 0 Å². The number of nitrogens with two attached hydrogens (primary N) is 1. The zero-order valence-electron chi connectivity index (χ0n) is 21.2. The number of hydrogen-bond donors (Lipinski definition) is 3. The number of aryl methyl sites for hydroxylation is 1. The van der Waals surface area contributed by atoms with Crippen LogP contribution in [0.15, 0.2) is 82.6 Å². The van der Waals surface area contributed by atoms with E-state index in [1.54, 1.807) is 41.6 Å². The molecule has 3 aliphatic rings. The van der Waals surface area contributed by atoms with Gasteiger partial charge >= 0.3 is 6.18 Å². The van der Waals surface area contributed by atoms with Gasteiger partial charge in [0, 0.05) is 30.1 Å². The highest BCUT2D eigenvalue weighted by atomic mass is 19.4. The lowest BCUT2D eigenvalue weighted by Gasteiger charge is -2.32. The molecule has 1 unspecified atom stereocenters. The number of halogens is 3. The van der Waals surface area contributed by atoms with Crippen LogP contribution in [0.25, 0.3) is 0 Å². The molecule has 3 aromatic rings. The van der Waals surface area contributed by atoms with E-state index < -0.39 is 23.2 Å². The number of carbonyl (C=O) groups is 1. The number of nitrogens with one attached hydrogen (secondary N) is 1. The number of hydrogen-bond acceptors (Lipinski definition) is 7. The summed E-state index contributed by atoms with van der Waals surface area (Å²) in [5.41, 5.74) is 0.928. The van der Waals surface area contributed by atoms with Crippen LogP contribution in [0.3, 0.4) is 0 Å². The van der Waals surface area contributed by atoms with Gasteiger partial charge in [-0.15, -0.1) is 4.59 Å². The van der Waals surface area contributed by atoms with Gasteiger partial charge in [-0.25, -0.2) is 4.98 Å². The molecule has 1 amide bonds. The summed E-state index contributed by atoms with van der Waals surface area (Å²) in [7, 11) is 1.83. The Labute approximate surface area is 226 Å². The minimum absolute atomic E-state index is 0.195. The number of aliphatic imine (C=N–C) groups is 2. The predicted molar refractivity (Wildman–Crippen MR) is 139 cm³/mol. The normalized spacial score (nSPS) is 23.6. The first-order valence-electron chi connectivity index (χ1n) is 12.4. The Morgan fingerprint density at radius 3 is 2.75 bits per heavy atom. The smallest absolute Gasteiger partial charge is 0.378 e. The molecule has 10 nitrogen and oxygen atoms in total. The number of allylic oxidation sites excluding steroid dienone is 1. The maximum atomic E-state index is 13.0. The number of quaternary nitrogens is 1. The van der Waals surface area contributed by atoms with Crippen molar-refractivity contribution in [2.24, 2.45) is 22.9 Å². The molecule has 2 aromatic heterocycles. The molecular formula is C27H24F3N8O2+. The Bertz CT molecular complexity index is 1650. The molecule has 40 heavy (non-hydrogen) atoms. The van der Waals surface area contributed by atoms with E-state index in [2.05, 4.69) is 20.4 Å². The third kappa shape index (κ3) is 4.06. The molecule has 2 atom stereocenters. The number of anilines is 1. The van der Waals surface area contributed by atoms with E-state index in [-0.39, 0.29) is 16.0 Å². The molecule has 0 spiro atoms. The summed E-state index contributed by atoms with van der Waals surface area (Å²) < 4.78 is 40.5. The predicted octanol–water partition coefficient (Wildman–Crippen LogP) is 3.53. The second-order valence-corrected chi connectivity index (χ2v) is 9.82. The van der Waals surface area contributed by atoms with E-state index in [0.717, 1.165) is 36.9 Å². The van der Waals surface area contributed by atoms with Crippen molar-refractivity contribution in [3.8, 4) is 0 Å². The summed E-state index contributed by atoms with van der Waals surface area (Å²) in [5.74, 6) is 6.39. The number of carbonyl (C=O) groups excluding carboxylic acids is 1. The van der Waals surface area contributed by atoms with Crippen LogP contribution in [0.2, 0.25) is 0 Å². The van der Waals surface area contributed by atoms with Crippen LogP contribution >= 0.6 is 0 Å². The highest BCUT2D eigenvalue weighted by Crippen LogP contribution is 2.46. The lowest BCUT2D eigenvalue weighted by atomic mass is 9.80. The van der Waals surface area contributed by atoms with Gasteiger partial charge < -0.3 is 10.4 Å². The molecule has 0 saturated carbocycles. The minimum atomic E-state index is -4.56. The average molecular weight is 550 g/mol. The number of nitrogens with zero attached hydrogens (tertiary/aromatic N) is 6. The van der Waals surface area contributed by atoms with Crippen molar-refractivity contribution in [3.05, 3.63) is 101 Å². The second-order valence-electron chi connectivity index (χ2n) is 9.82. The zero-order chi connectivity index (χ0) is 28.3. The standard InChI is InChI=1S/C27H23F3N8O2/c1-37-20-3-2-9-26(40,19(20)14-34-37)23-21-15-32-11-12-38(21,31)24(36-23)16-4-6-17(7-5-16)25(39)35-22-13-18(8-10-33-22)27(28,29)30/h4-8,10-15,40H,2-3,9,31H2,1H3/p+1/t26-,38?/m1/s1. The molecule has 4 heterocycles. The van der Waals surface area contributed by atoms with Gasteiger partial charge in [-0.2, -0.15) is 29.1 Å². The molecule has 0 fully saturated rings. The van der Waals surface area contributed by atoms with Crippen LogP contribution in [-0.4, -0.2) is 42.4 Å². The first-order valence-corrected chi connectivity index (χ1v) is 12.4. The Kier molecular flexibility index (Phi) is 5.83. The molecule has 6 rings (SSSR count). The number of amidine groups is 1. The van der Waals surface area contributed by atoms with Gasteiger partial charge in [0.05, 0.1) is 29.7 Å². The monoisotopic (exact) mass is 549 g/mol. The zero-order valence-corrected chi connectivity index (χ0v) is 21.2. The van der Waals surface area contributed by atoms with Gasteiger partial charge in [-0.05, 0) is 55.7 Å². The number of alkyl halides is 3. The summed E-state index contributed by atoms with van der Waals surface area (Å²) in [4.78, 5) is 25.6. The van der Waals surface area contributed by atoms with Gasteiger partial charge in [0.1, 0.15) is 23.3 Å². The van der Waals surface area contributed by atoms with Crippen LogP contribution in [0.4, 0.5) is 19.0 Å². The van der Waals surface area contributed by atoms with Crippen LogP contribution in [0, 0.1) is 0 Å². The summed E-state index contributed by atoms with van der Waals surface area (Å²) >= 11 is 0. The van der Waals surface area contributed by atoms with Gasteiger partial charge in [0.2, 0.25) is 5.70 Å². The van der Waals surface area contributed by atoms with Crippen molar-refractivity contribution in [1.29, 1.82) is 0 Å². The topological polar surface area (TPSA) is 131 Å². The van der Waals surface area contributed by atoms with Crippen LogP contribution < -0.4 is 11.2 Å². The quantitative estimate of drug-likeness (QED) is 0.339. The highest BCUT2D eigenvalue weighted by molar-refractivity contribution is 6.05. The maximum absolute atomic E-state index is 13.0. The molecule has 1 aliphatic carbocycles. The molecule has 0 radical (unpaired) electrons. The number of aliphatic hydroxyl groups is 1. The van der Waals surface area contributed by atoms with Crippen LogP contribution in [0.1, 0.15) is 45.6 Å². The highest BCUT2D eigenvalue weighted by Gasteiger charge is 2.52.